The van der Waals surface area contributed by atoms with E-state index in [1.165, 1.54) is 11.1 Å². The third-order valence-corrected chi connectivity index (χ3v) is 4.75. The number of hydrogen-bond donors (Lipinski definition) is 1. The monoisotopic (exact) mass is 401 g/mol. The third-order valence-electron chi connectivity index (χ3n) is 3.98. The van der Waals surface area contributed by atoms with Crippen LogP contribution in [0.1, 0.15) is 23.2 Å². The minimum atomic E-state index is -0.0547. The quantitative estimate of drug-likeness (QED) is 0.686. The number of aromatic nitrogens is 4. The van der Waals surface area contributed by atoms with E-state index in [0.717, 1.165) is 10.2 Å². The van der Waals surface area contributed by atoms with Gasteiger partial charge in [0.15, 0.2) is 0 Å². The molecular formula is C18H20BrN5O. The first-order valence-electron chi connectivity index (χ1n) is 8.07. The Bertz CT molecular complexity index is 866. The van der Waals surface area contributed by atoms with Crippen molar-refractivity contribution in [2.45, 2.75) is 33.4 Å². The highest BCUT2D eigenvalue weighted by Gasteiger charge is 2.08. The minimum Gasteiger partial charge on any atom is -0.323 e. The van der Waals surface area contributed by atoms with E-state index in [0.29, 0.717) is 25.2 Å². The molecule has 130 valence electrons. The van der Waals surface area contributed by atoms with Gasteiger partial charge < -0.3 is 5.32 Å². The normalized spacial score (nSPS) is 10.8. The van der Waals surface area contributed by atoms with Crippen LogP contribution < -0.4 is 5.32 Å². The van der Waals surface area contributed by atoms with Gasteiger partial charge in [0.05, 0.1) is 35.6 Å². The number of hydrogen-bond acceptors (Lipinski definition) is 3. The van der Waals surface area contributed by atoms with Crippen LogP contribution in [0.5, 0.6) is 0 Å². The lowest BCUT2D eigenvalue weighted by Gasteiger charge is -2.05. The highest BCUT2D eigenvalue weighted by atomic mass is 79.9. The average Bonchev–Trinajstić information content (AvgIpc) is 3.15. The van der Waals surface area contributed by atoms with Crippen molar-refractivity contribution >= 4 is 27.5 Å². The smallest absolute Gasteiger partial charge is 0.226 e. The zero-order valence-electron chi connectivity index (χ0n) is 14.2. The first-order chi connectivity index (χ1) is 12.0. The fourth-order valence-electron chi connectivity index (χ4n) is 2.48. The van der Waals surface area contributed by atoms with Crippen molar-refractivity contribution in [2.75, 3.05) is 5.32 Å². The number of nitrogens with zero attached hydrogens (tertiary/aromatic N) is 4. The van der Waals surface area contributed by atoms with Crippen molar-refractivity contribution in [3.63, 3.8) is 0 Å². The molecule has 2 aromatic heterocycles. The molecule has 0 unspecified atom stereocenters. The van der Waals surface area contributed by atoms with E-state index in [1.54, 1.807) is 12.4 Å². The van der Waals surface area contributed by atoms with Crippen molar-refractivity contribution < 1.29 is 4.79 Å². The van der Waals surface area contributed by atoms with Gasteiger partial charge >= 0.3 is 0 Å². The third kappa shape index (κ3) is 4.57. The molecule has 0 aliphatic heterocycles. The van der Waals surface area contributed by atoms with Crippen LogP contribution in [-0.4, -0.2) is 25.5 Å². The van der Waals surface area contributed by atoms with Gasteiger partial charge in [-0.05, 0) is 35.3 Å². The van der Waals surface area contributed by atoms with E-state index in [9.17, 15) is 4.79 Å². The maximum atomic E-state index is 12.1. The second-order valence-electron chi connectivity index (χ2n) is 6.01. The van der Waals surface area contributed by atoms with Crippen LogP contribution in [0.25, 0.3) is 0 Å². The number of amides is 1. The van der Waals surface area contributed by atoms with Gasteiger partial charge in [-0.15, -0.1) is 0 Å². The minimum absolute atomic E-state index is 0.0547. The summed E-state index contributed by atoms with van der Waals surface area (Å²) in [6, 6.07) is 8.33. The van der Waals surface area contributed by atoms with E-state index in [2.05, 4.69) is 62.6 Å². The van der Waals surface area contributed by atoms with Crippen molar-refractivity contribution in [3.8, 4) is 0 Å². The van der Waals surface area contributed by atoms with Crippen molar-refractivity contribution in [3.05, 3.63) is 64.1 Å². The van der Waals surface area contributed by atoms with Gasteiger partial charge in [-0.25, -0.2) is 0 Å². The summed E-state index contributed by atoms with van der Waals surface area (Å²) in [5.74, 6) is -0.0547. The molecule has 0 spiro atoms. The molecular weight excluding hydrogens is 382 g/mol. The van der Waals surface area contributed by atoms with E-state index < -0.39 is 0 Å². The van der Waals surface area contributed by atoms with Gasteiger partial charge in [0, 0.05) is 18.3 Å². The van der Waals surface area contributed by atoms with Gasteiger partial charge in [0.25, 0.3) is 0 Å². The Kier molecular flexibility index (Phi) is 5.33. The van der Waals surface area contributed by atoms with Crippen LogP contribution in [0.2, 0.25) is 0 Å². The first kappa shape index (κ1) is 17.4. The molecule has 0 saturated heterocycles. The fraction of sp³-hybridized carbons (Fsp3) is 0.278. The highest BCUT2D eigenvalue weighted by Crippen LogP contribution is 2.15. The number of halogens is 1. The number of anilines is 1. The van der Waals surface area contributed by atoms with Crippen LogP contribution in [0.3, 0.4) is 0 Å². The summed E-state index contributed by atoms with van der Waals surface area (Å²) in [4.78, 5) is 12.1. The van der Waals surface area contributed by atoms with Gasteiger partial charge in [-0.2, -0.15) is 10.2 Å². The molecule has 6 nitrogen and oxygen atoms in total. The van der Waals surface area contributed by atoms with Gasteiger partial charge in [0.2, 0.25) is 5.91 Å². The fourth-order valence-corrected chi connectivity index (χ4v) is 2.77. The number of carbonyl (C=O) groups excluding carboxylic acids is 1. The SMILES string of the molecule is Cc1ccc(Cn2cc(NC(=O)CCn3ncc(Br)c3C)cn2)cc1. The zero-order chi connectivity index (χ0) is 17.8. The molecule has 0 atom stereocenters. The Morgan fingerprint density at radius 1 is 1.16 bits per heavy atom. The van der Waals surface area contributed by atoms with E-state index in [-0.39, 0.29) is 5.91 Å². The molecule has 0 bridgehead atoms. The number of carbonyl (C=O) groups is 1. The summed E-state index contributed by atoms with van der Waals surface area (Å²) in [6.07, 6.45) is 5.61. The van der Waals surface area contributed by atoms with Gasteiger partial charge in [-0.3, -0.25) is 14.2 Å². The zero-order valence-corrected chi connectivity index (χ0v) is 15.8. The van der Waals surface area contributed by atoms with E-state index in [1.807, 2.05) is 22.5 Å². The lowest BCUT2D eigenvalue weighted by molar-refractivity contribution is -0.116. The predicted octanol–water partition coefficient (Wildman–Crippen LogP) is 3.54. The second kappa shape index (κ2) is 7.65. The standard InChI is InChI=1S/C18H20BrN5O/c1-13-3-5-15(6-4-13)11-23-12-16(9-20-23)22-18(25)7-8-24-14(2)17(19)10-21-24/h3-6,9-10,12H,7-8,11H2,1-2H3,(H,22,25). The molecule has 0 aliphatic rings. The number of nitrogens with one attached hydrogen (secondary N) is 1. The number of aryl methyl sites for hydroxylation is 2. The summed E-state index contributed by atoms with van der Waals surface area (Å²) >= 11 is 3.42. The van der Waals surface area contributed by atoms with Crippen LogP contribution >= 0.6 is 15.9 Å². The van der Waals surface area contributed by atoms with Crippen LogP contribution in [0, 0.1) is 13.8 Å². The largest absolute Gasteiger partial charge is 0.323 e. The molecule has 7 heteroatoms. The molecule has 0 radical (unpaired) electrons. The molecule has 1 N–H and O–H groups in total. The molecule has 1 amide bonds. The maximum absolute atomic E-state index is 12.1. The Morgan fingerprint density at radius 3 is 2.60 bits per heavy atom. The topological polar surface area (TPSA) is 64.7 Å². The molecule has 3 aromatic rings. The van der Waals surface area contributed by atoms with Gasteiger partial charge in [0.1, 0.15) is 0 Å². The van der Waals surface area contributed by atoms with Crippen molar-refractivity contribution in [1.82, 2.24) is 19.6 Å². The van der Waals surface area contributed by atoms with Crippen molar-refractivity contribution in [2.24, 2.45) is 0 Å². The van der Waals surface area contributed by atoms with Crippen LogP contribution in [-0.2, 0) is 17.9 Å². The lowest BCUT2D eigenvalue weighted by atomic mass is 10.1. The first-order valence-corrected chi connectivity index (χ1v) is 8.86. The molecule has 3 rings (SSSR count). The average molecular weight is 402 g/mol. The molecule has 0 saturated carbocycles. The Balaban J connectivity index is 1.53. The Hall–Kier alpha value is -2.41. The van der Waals surface area contributed by atoms with Crippen molar-refractivity contribution in [1.29, 1.82) is 0 Å². The molecule has 25 heavy (non-hydrogen) atoms. The summed E-state index contributed by atoms with van der Waals surface area (Å²) in [5, 5.41) is 11.4. The Labute approximate surface area is 155 Å². The molecule has 1 aromatic carbocycles. The van der Waals surface area contributed by atoms with E-state index in [4.69, 9.17) is 0 Å². The van der Waals surface area contributed by atoms with Crippen LogP contribution in [0.15, 0.2) is 47.3 Å². The maximum Gasteiger partial charge on any atom is 0.226 e. The second-order valence-corrected chi connectivity index (χ2v) is 6.87. The highest BCUT2D eigenvalue weighted by molar-refractivity contribution is 9.10. The van der Waals surface area contributed by atoms with Crippen LogP contribution in [0.4, 0.5) is 5.69 Å². The Morgan fingerprint density at radius 2 is 1.92 bits per heavy atom. The summed E-state index contributed by atoms with van der Waals surface area (Å²) in [6.45, 7) is 5.25. The summed E-state index contributed by atoms with van der Waals surface area (Å²) in [5.41, 5.74) is 4.12. The molecule has 2 heterocycles. The summed E-state index contributed by atoms with van der Waals surface area (Å²) < 4.78 is 4.57. The number of benzene rings is 1. The molecule has 0 aliphatic carbocycles. The lowest BCUT2D eigenvalue weighted by Crippen LogP contribution is -2.15. The van der Waals surface area contributed by atoms with E-state index >= 15 is 0 Å². The summed E-state index contributed by atoms with van der Waals surface area (Å²) in [7, 11) is 0. The number of rotatable bonds is 6. The van der Waals surface area contributed by atoms with Gasteiger partial charge in [-0.1, -0.05) is 29.8 Å². The predicted molar refractivity (Wildman–Crippen MR) is 100 cm³/mol. The molecule has 0 fully saturated rings.